The quantitative estimate of drug-likeness (QED) is 0.690. The van der Waals surface area contributed by atoms with Gasteiger partial charge in [0.1, 0.15) is 0 Å². The fourth-order valence-corrected chi connectivity index (χ4v) is 2.16. The van der Waals surface area contributed by atoms with Gasteiger partial charge in [-0.15, -0.1) is 0 Å². The van der Waals surface area contributed by atoms with Crippen molar-refractivity contribution in [1.82, 2.24) is 0 Å². The first-order chi connectivity index (χ1) is 6.75. The Morgan fingerprint density at radius 1 is 1.29 bits per heavy atom. The number of esters is 1. The Morgan fingerprint density at radius 2 is 2.00 bits per heavy atom. The largest absolute Gasteiger partial charge is 0.428 e. The van der Waals surface area contributed by atoms with Crippen molar-refractivity contribution >= 4 is 5.97 Å². The minimum atomic E-state index is -0.927. The van der Waals surface area contributed by atoms with E-state index in [-0.39, 0.29) is 5.97 Å². The van der Waals surface area contributed by atoms with Gasteiger partial charge in [0.25, 0.3) is 0 Å². The van der Waals surface area contributed by atoms with Crippen LogP contribution in [0.3, 0.4) is 0 Å². The summed E-state index contributed by atoms with van der Waals surface area (Å²) in [4.78, 5) is 11.5. The molecular formula is C11H14O3. The SMILES string of the molecule is O=C1O[C@@H](O)C(C2CC2)=C1CC1CC1. The molecule has 0 aromatic carbocycles. The number of carbonyl (C=O) groups excluding carboxylic acids is 1. The van der Waals surface area contributed by atoms with E-state index in [9.17, 15) is 9.90 Å². The third kappa shape index (κ3) is 1.36. The molecule has 2 fully saturated rings. The Balaban J connectivity index is 1.87. The van der Waals surface area contributed by atoms with Crippen molar-refractivity contribution in [2.45, 2.75) is 38.4 Å². The molecule has 14 heavy (non-hydrogen) atoms. The van der Waals surface area contributed by atoms with E-state index in [1.165, 1.54) is 12.8 Å². The summed E-state index contributed by atoms with van der Waals surface area (Å²) < 4.78 is 4.86. The van der Waals surface area contributed by atoms with Crippen LogP contribution < -0.4 is 0 Å². The number of aliphatic hydroxyl groups excluding tert-OH is 1. The second kappa shape index (κ2) is 2.83. The van der Waals surface area contributed by atoms with Gasteiger partial charge < -0.3 is 9.84 Å². The van der Waals surface area contributed by atoms with Gasteiger partial charge in [0, 0.05) is 11.1 Å². The van der Waals surface area contributed by atoms with Crippen molar-refractivity contribution in [3.8, 4) is 0 Å². The topological polar surface area (TPSA) is 46.5 Å². The molecule has 0 amide bonds. The molecule has 0 saturated heterocycles. The highest BCUT2D eigenvalue weighted by molar-refractivity contribution is 5.92. The number of hydrogen-bond donors (Lipinski definition) is 1. The summed E-state index contributed by atoms with van der Waals surface area (Å²) in [7, 11) is 0. The number of hydrogen-bond acceptors (Lipinski definition) is 3. The van der Waals surface area contributed by atoms with E-state index in [0.29, 0.717) is 11.8 Å². The summed E-state index contributed by atoms with van der Waals surface area (Å²) in [5.41, 5.74) is 1.70. The van der Waals surface area contributed by atoms with Gasteiger partial charge in [-0.3, -0.25) is 0 Å². The standard InChI is InChI=1S/C11H14O3/c12-10-8(5-6-1-2-6)9(7-3-4-7)11(13)14-10/h6-7,11,13H,1-5H2/t11-/m1/s1. The van der Waals surface area contributed by atoms with Crippen LogP contribution in [0.25, 0.3) is 0 Å². The van der Waals surface area contributed by atoms with Gasteiger partial charge >= 0.3 is 5.97 Å². The highest BCUT2D eigenvalue weighted by Gasteiger charge is 2.42. The van der Waals surface area contributed by atoms with Crippen molar-refractivity contribution in [2.75, 3.05) is 0 Å². The van der Waals surface area contributed by atoms with Gasteiger partial charge in [-0.25, -0.2) is 4.79 Å². The molecule has 0 bridgehead atoms. The van der Waals surface area contributed by atoms with Crippen molar-refractivity contribution in [1.29, 1.82) is 0 Å². The van der Waals surface area contributed by atoms with Crippen LogP contribution in [-0.2, 0) is 9.53 Å². The molecule has 76 valence electrons. The minimum absolute atomic E-state index is 0.272. The molecule has 1 atom stereocenters. The maximum atomic E-state index is 11.5. The fourth-order valence-electron chi connectivity index (χ4n) is 2.16. The second-order valence-electron chi connectivity index (χ2n) is 4.61. The molecule has 1 N–H and O–H groups in total. The lowest BCUT2D eigenvalue weighted by atomic mass is 10.0. The van der Waals surface area contributed by atoms with Crippen LogP contribution in [0.4, 0.5) is 0 Å². The third-order valence-electron chi connectivity index (χ3n) is 3.29. The van der Waals surface area contributed by atoms with E-state index in [1.807, 2.05) is 0 Å². The average Bonchev–Trinajstić information content (AvgIpc) is 2.96. The van der Waals surface area contributed by atoms with E-state index in [2.05, 4.69) is 0 Å². The molecule has 0 unspecified atom stereocenters. The lowest BCUT2D eigenvalue weighted by Gasteiger charge is -2.05. The molecule has 3 heteroatoms. The number of ether oxygens (including phenoxy) is 1. The maximum Gasteiger partial charge on any atom is 0.336 e. The normalized spacial score (nSPS) is 32.4. The average molecular weight is 194 g/mol. The number of rotatable bonds is 3. The first-order valence-corrected chi connectivity index (χ1v) is 5.37. The Bertz CT molecular complexity index is 310. The van der Waals surface area contributed by atoms with Gasteiger partial charge in [0.15, 0.2) is 0 Å². The molecule has 1 heterocycles. The Hall–Kier alpha value is -0.830. The number of cyclic esters (lactones) is 1. The summed E-state index contributed by atoms with van der Waals surface area (Å²) in [6.45, 7) is 0. The highest BCUT2D eigenvalue weighted by atomic mass is 16.6. The summed E-state index contributed by atoms with van der Waals surface area (Å²) in [5.74, 6) is 0.841. The van der Waals surface area contributed by atoms with Crippen LogP contribution >= 0.6 is 0 Å². The van der Waals surface area contributed by atoms with Gasteiger partial charge in [0.2, 0.25) is 6.29 Å². The van der Waals surface area contributed by atoms with Gasteiger partial charge in [-0.2, -0.15) is 0 Å². The molecule has 3 rings (SSSR count). The summed E-state index contributed by atoms with van der Waals surface area (Å²) in [6.07, 6.45) is 4.58. The zero-order valence-electron chi connectivity index (χ0n) is 8.03. The lowest BCUT2D eigenvalue weighted by Crippen LogP contribution is -2.10. The van der Waals surface area contributed by atoms with Crippen molar-refractivity contribution in [3.05, 3.63) is 11.1 Å². The van der Waals surface area contributed by atoms with E-state index in [0.717, 1.165) is 30.4 Å². The first-order valence-electron chi connectivity index (χ1n) is 5.37. The van der Waals surface area contributed by atoms with Crippen molar-refractivity contribution in [3.63, 3.8) is 0 Å². The zero-order valence-corrected chi connectivity index (χ0v) is 8.03. The Labute approximate surface area is 82.8 Å². The molecule has 2 aliphatic carbocycles. The van der Waals surface area contributed by atoms with Crippen LogP contribution in [0.2, 0.25) is 0 Å². The van der Waals surface area contributed by atoms with Crippen LogP contribution in [0, 0.1) is 11.8 Å². The van der Waals surface area contributed by atoms with Gasteiger partial charge in [-0.1, -0.05) is 0 Å². The minimum Gasteiger partial charge on any atom is -0.428 e. The van der Waals surface area contributed by atoms with Crippen LogP contribution in [-0.4, -0.2) is 17.4 Å². The first kappa shape index (κ1) is 8.48. The monoisotopic (exact) mass is 194 g/mol. The van der Waals surface area contributed by atoms with E-state index >= 15 is 0 Å². The number of aliphatic hydroxyl groups is 1. The third-order valence-corrected chi connectivity index (χ3v) is 3.29. The molecule has 0 aromatic rings. The summed E-state index contributed by atoms with van der Waals surface area (Å²) >= 11 is 0. The Kier molecular flexibility index (Phi) is 1.71. The Morgan fingerprint density at radius 3 is 2.57 bits per heavy atom. The van der Waals surface area contributed by atoms with E-state index in [1.54, 1.807) is 0 Å². The predicted octanol–water partition coefficient (Wildman–Crippen LogP) is 1.37. The maximum absolute atomic E-state index is 11.5. The second-order valence-corrected chi connectivity index (χ2v) is 4.61. The molecule has 0 aromatic heterocycles. The van der Waals surface area contributed by atoms with Crippen molar-refractivity contribution < 1.29 is 14.6 Å². The predicted molar refractivity (Wildman–Crippen MR) is 49.2 cm³/mol. The number of carbonyl (C=O) groups is 1. The van der Waals surface area contributed by atoms with E-state index < -0.39 is 6.29 Å². The molecule has 3 aliphatic rings. The molecule has 0 radical (unpaired) electrons. The van der Waals surface area contributed by atoms with Crippen molar-refractivity contribution in [2.24, 2.45) is 11.8 Å². The highest BCUT2D eigenvalue weighted by Crippen LogP contribution is 2.46. The molecular weight excluding hydrogens is 180 g/mol. The summed E-state index contributed by atoms with van der Waals surface area (Å²) in [6, 6.07) is 0. The molecule has 0 spiro atoms. The van der Waals surface area contributed by atoms with Gasteiger partial charge in [0.05, 0.1) is 0 Å². The van der Waals surface area contributed by atoms with Crippen LogP contribution in [0.5, 0.6) is 0 Å². The molecule has 1 aliphatic heterocycles. The fraction of sp³-hybridized carbons (Fsp3) is 0.727. The van der Waals surface area contributed by atoms with Crippen LogP contribution in [0.1, 0.15) is 32.1 Å². The zero-order chi connectivity index (χ0) is 9.71. The molecule has 3 nitrogen and oxygen atoms in total. The van der Waals surface area contributed by atoms with Gasteiger partial charge in [-0.05, 0) is 43.9 Å². The lowest BCUT2D eigenvalue weighted by molar-refractivity contribution is -0.152. The summed E-state index contributed by atoms with van der Waals surface area (Å²) in [5, 5.41) is 9.57. The smallest absolute Gasteiger partial charge is 0.336 e. The van der Waals surface area contributed by atoms with Crippen LogP contribution in [0.15, 0.2) is 11.1 Å². The molecule has 2 saturated carbocycles. The van der Waals surface area contributed by atoms with E-state index in [4.69, 9.17) is 4.74 Å².